The average Bonchev–Trinajstić information content (AvgIpc) is 3.21. The number of hydrogen-bond acceptors (Lipinski definition) is 4. The van der Waals surface area contributed by atoms with Gasteiger partial charge in [0, 0.05) is 32.2 Å². The van der Waals surface area contributed by atoms with Crippen molar-refractivity contribution in [3.05, 3.63) is 0 Å². The molecule has 0 spiro atoms. The van der Waals surface area contributed by atoms with Gasteiger partial charge < -0.3 is 20.9 Å². The molecule has 0 unspecified atom stereocenters. The first-order valence-corrected chi connectivity index (χ1v) is 11.2. The molecule has 6 nitrogen and oxygen atoms in total. The van der Waals surface area contributed by atoms with Crippen molar-refractivity contribution in [3.8, 4) is 0 Å². The Hall–Kier alpha value is -1.46. The van der Waals surface area contributed by atoms with Gasteiger partial charge in [0.1, 0.15) is 0 Å². The largest absolute Gasteiger partial charge is 0.370 e. The molecule has 1 fully saturated rings. The van der Waals surface area contributed by atoms with Crippen LogP contribution in [0.5, 0.6) is 0 Å². The minimum absolute atomic E-state index is 0.373. The summed E-state index contributed by atoms with van der Waals surface area (Å²) < 4.78 is 0. The first-order chi connectivity index (χ1) is 13.1. The maximum absolute atomic E-state index is 8.15. The van der Waals surface area contributed by atoms with E-state index in [4.69, 9.17) is 11.1 Å². The van der Waals surface area contributed by atoms with E-state index >= 15 is 0 Å². The van der Waals surface area contributed by atoms with Crippen LogP contribution in [-0.2, 0) is 0 Å². The van der Waals surface area contributed by atoms with Crippen molar-refractivity contribution in [2.24, 2.45) is 16.6 Å². The van der Waals surface area contributed by atoms with Crippen LogP contribution in [0.3, 0.4) is 0 Å². The second-order valence-electron chi connectivity index (χ2n) is 8.37. The van der Waals surface area contributed by atoms with E-state index in [-0.39, 0.29) is 0 Å². The summed E-state index contributed by atoms with van der Waals surface area (Å²) in [6, 6.07) is 0.860. The van der Waals surface area contributed by atoms with Gasteiger partial charge in [0.15, 0.2) is 11.9 Å². The van der Waals surface area contributed by atoms with Gasteiger partial charge in [0.25, 0.3) is 0 Å². The van der Waals surface area contributed by atoms with Gasteiger partial charge in [-0.15, -0.1) is 0 Å². The number of hydrogen-bond donors (Lipinski definition) is 3. The summed E-state index contributed by atoms with van der Waals surface area (Å²) in [6.07, 6.45) is 11.1. The Morgan fingerprint density at radius 1 is 1.15 bits per heavy atom. The summed E-state index contributed by atoms with van der Waals surface area (Å²) in [5, 5.41) is 11.4. The summed E-state index contributed by atoms with van der Waals surface area (Å²) in [5.74, 6) is 1.97. The van der Waals surface area contributed by atoms with E-state index in [1.807, 2.05) is 0 Å². The number of aliphatic imine (C=N–C) groups is 1. The maximum atomic E-state index is 8.15. The molecule has 2 heterocycles. The molecule has 0 aliphatic carbocycles. The number of rotatable bonds is 13. The van der Waals surface area contributed by atoms with E-state index in [0.29, 0.717) is 24.0 Å². The lowest BCUT2D eigenvalue weighted by Gasteiger charge is -2.25. The Morgan fingerprint density at radius 3 is 2.63 bits per heavy atom. The van der Waals surface area contributed by atoms with Gasteiger partial charge in [0.05, 0.1) is 6.04 Å². The molecule has 6 heteroatoms. The molecule has 156 valence electrons. The minimum Gasteiger partial charge on any atom is -0.370 e. The van der Waals surface area contributed by atoms with E-state index < -0.39 is 0 Å². The summed E-state index contributed by atoms with van der Waals surface area (Å²) >= 11 is 0. The molecular formula is C21H42N6. The molecule has 1 saturated heterocycles. The van der Waals surface area contributed by atoms with Crippen molar-refractivity contribution in [2.45, 2.75) is 90.6 Å². The zero-order valence-electron chi connectivity index (χ0n) is 17.8. The topological polar surface area (TPSA) is 80.7 Å². The molecular weight excluding hydrogens is 336 g/mol. The highest BCUT2D eigenvalue weighted by Gasteiger charge is 2.28. The Balaban J connectivity index is 1.64. The molecule has 0 saturated carbocycles. The molecule has 0 aromatic heterocycles. The Kier molecular flexibility index (Phi) is 9.22. The van der Waals surface area contributed by atoms with E-state index in [9.17, 15) is 0 Å². The van der Waals surface area contributed by atoms with Crippen molar-refractivity contribution in [3.63, 3.8) is 0 Å². The molecule has 0 aromatic carbocycles. The third kappa shape index (κ3) is 6.58. The highest BCUT2D eigenvalue weighted by Crippen LogP contribution is 2.19. The van der Waals surface area contributed by atoms with Crippen LogP contribution in [0.4, 0.5) is 0 Å². The van der Waals surface area contributed by atoms with Gasteiger partial charge in [0.2, 0.25) is 0 Å². The maximum Gasteiger partial charge on any atom is 0.191 e. The lowest BCUT2D eigenvalue weighted by molar-refractivity contribution is 0.306. The quantitative estimate of drug-likeness (QED) is 0.429. The third-order valence-electron chi connectivity index (χ3n) is 6.28. The summed E-state index contributed by atoms with van der Waals surface area (Å²) in [7, 11) is 0. The zero-order chi connectivity index (χ0) is 19.6. The smallest absolute Gasteiger partial charge is 0.191 e. The number of unbranched alkanes of at least 4 members (excludes halogenated alkanes) is 5. The molecule has 2 aliphatic rings. The van der Waals surface area contributed by atoms with Crippen LogP contribution in [0.15, 0.2) is 4.99 Å². The SMILES string of the molecule is CCCCCCCN1C(=N)NC[C@@H]1CCCCN1C[C@H]([C@@H](C)CC)N=C1N. The summed E-state index contributed by atoms with van der Waals surface area (Å²) in [6.45, 7) is 10.7. The standard InChI is InChI=1S/C21H42N6/c1-4-6-7-8-10-14-27-18(15-24-20(27)22)12-9-11-13-26-16-19(17(3)5-2)25-21(26)23/h17-19H,4-16H2,1-3H3,(H2,22,24)(H2,23,25)/t17-,18-,19+/m0/s1. The van der Waals surface area contributed by atoms with Crippen molar-refractivity contribution in [1.29, 1.82) is 5.41 Å². The number of guanidine groups is 2. The normalized spacial score (nSPS) is 23.7. The van der Waals surface area contributed by atoms with E-state index in [1.54, 1.807) is 0 Å². The van der Waals surface area contributed by atoms with Crippen LogP contribution in [-0.4, -0.2) is 60.0 Å². The predicted molar refractivity (Wildman–Crippen MR) is 115 cm³/mol. The minimum atomic E-state index is 0.373. The number of nitrogens with two attached hydrogens (primary N) is 1. The van der Waals surface area contributed by atoms with Gasteiger partial charge in [-0.05, 0) is 31.6 Å². The number of nitrogens with one attached hydrogen (secondary N) is 2. The van der Waals surface area contributed by atoms with Crippen LogP contribution in [0.1, 0.15) is 78.6 Å². The molecule has 2 rings (SSSR count). The monoisotopic (exact) mass is 378 g/mol. The van der Waals surface area contributed by atoms with Gasteiger partial charge in [-0.2, -0.15) is 0 Å². The van der Waals surface area contributed by atoms with Crippen LogP contribution < -0.4 is 11.1 Å². The Bertz CT molecular complexity index is 477. The van der Waals surface area contributed by atoms with Gasteiger partial charge in [-0.1, -0.05) is 52.9 Å². The highest BCUT2D eigenvalue weighted by molar-refractivity contribution is 5.80. The third-order valence-corrected chi connectivity index (χ3v) is 6.28. The van der Waals surface area contributed by atoms with E-state index in [1.165, 1.54) is 38.5 Å². The molecule has 0 radical (unpaired) electrons. The van der Waals surface area contributed by atoms with Crippen LogP contribution in [0.25, 0.3) is 0 Å². The fraction of sp³-hybridized carbons (Fsp3) is 0.905. The molecule has 27 heavy (non-hydrogen) atoms. The number of nitrogens with zero attached hydrogens (tertiary/aromatic N) is 3. The van der Waals surface area contributed by atoms with Gasteiger partial charge in [-0.3, -0.25) is 5.41 Å². The fourth-order valence-electron chi connectivity index (χ4n) is 4.13. The first kappa shape index (κ1) is 21.8. The molecule has 0 aromatic rings. The van der Waals surface area contributed by atoms with Crippen LogP contribution in [0.2, 0.25) is 0 Å². The molecule has 0 bridgehead atoms. The van der Waals surface area contributed by atoms with Crippen molar-refractivity contribution in [2.75, 3.05) is 26.2 Å². The van der Waals surface area contributed by atoms with Crippen molar-refractivity contribution in [1.82, 2.24) is 15.1 Å². The molecule has 2 aliphatic heterocycles. The van der Waals surface area contributed by atoms with Gasteiger partial charge >= 0.3 is 0 Å². The second kappa shape index (κ2) is 11.4. The lowest BCUT2D eigenvalue weighted by Crippen LogP contribution is -2.37. The van der Waals surface area contributed by atoms with E-state index in [0.717, 1.165) is 51.4 Å². The molecule has 4 N–H and O–H groups in total. The zero-order valence-corrected chi connectivity index (χ0v) is 17.8. The molecule has 0 amide bonds. The average molecular weight is 379 g/mol. The Morgan fingerprint density at radius 2 is 1.89 bits per heavy atom. The first-order valence-electron chi connectivity index (χ1n) is 11.2. The predicted octanol–water partition coefficient (Wildman–Crippen LogP) is 3.38. The highest BCUT2D eigenvalue weighted by atomic mass is 15.4. The van der Waals surface area contributed by atoms with Crippen molar-refractivity contribution >= 4 is 11.9 Å². The van der Waals surface area contributed by atoms with Crippen LogP contribution in [0, 0.1) is 11.3 Å². The summed E-state index contributed by atoms with van der Waals surface area (Å²) in [4.78, 5) is 9.20. The van der Waals surface area contributed by atoms with Gasteiger partial charge in [-0.25, -0.2) is 4.99 Å². The Labute approximate surface area is 166 Å². The fourth-order valence-corrected chi connectivity index (χ4v) is 4.13. The van der Waals surface area contributed by atoms with E-state index in [2.05, 4.69) is 40.9 Å². The van der Waals surface area contributed by atoms with Crippen molar-refractivity contribution < 1.29 is 0 Å². The summed E-state index contributed by atoms with van der Waals surface area (Å²) in [5.41, 5.74) is 6.13. The lowest BCUT2D eigenvalue weighted by atomic mass is 10.0. The molecule has 3 atom stereocenters. The van der Waals surface area contributed by atoms with Crippen LogP contribution >= 0.6 is 0 Å². The second-order valence-corrected chi connectivity index (χ2v) is 8.37.